The molecule has 6 unspecified atom stereocenters. The van der Waals surface area contributed by atoms with Crippen molar-refractivity contribution in [2.24, 2.45) is 29.1 Å². The van der Waals surface area contributed by atoms with E-state index in [9.17, 15) is 38.8 Å². The van der Waals surface area contributed by atoms with Crippen molar-refractivity contribution in [2.45, 2.75) is 32.3 Å². The molecule has 2 aliphatic carbocycles. The van der Waals surface area contributed by atoms with Crippen LogP contribution in [0.15, 0.2) is 103 Å². The molecule has 3 fully saturated rings. The number of allylic oxidation sites excluding steroid dienone is 2. The van der Waals surface area contributed by atoms with Crippen LogP contribution < -0.4 is 14.5 Å². The van der Waals surface area contributed by atoms with E-state index < -0.39 is 69.4 Å². The van der Waals surface area contributed by atoms with Gasteiger partial charge in [0, 0.05) is 29.7 Å². The zero-order valence-corrected chi connectivity index (χ0v) is 28.9. The molecule has 0 spiro atoms. The number of nitro groups is 1. The van der Waals surface area contributed by atoms with Crippen LogP contribution in [0.25, 0.3) is 0 Å². The number of non-ortho nitro benzene ring substituents is 1. The molecular weight excluding hydrogens is 705 g/mol. The molecule has 1 saturated carbocycles. The number of carbonyl (C=O) groups excluding carboxylic acids is 4. The fourth-order valence-electron chi connectivity index (χ4n) is 8.81. The number of halogens is 2. The van der Waals surface area contributed by atoms with Gasteiger partial charge in [0.15, 0.2) is 0 Å². The van der Waals surface area contributed by atoms with Crippen LogP contribution in [0.1, 0.15) is 36.8 Å². The number of hydrogen-bond donors (Lipinski definition) is 1. The first kappa shape index (κ1) is 34.2. The first-order chi connectivity index (χ1) is 25.4. The van der Waals surface area contributed by atoms with Gasteiger partial charge in [0.05, 0.1) is 44.5 Å². The molecule has 2 heterocycles. The second-order valence-corrected chi connectivity index (χ2v) is 14.4. The number of rotatable bonds is 7. The molecule has 1 N–H and O–H groups in total. The lowest BCUT2D eigenvalue weighted by atomic mass is 9.51. The smallest absolute Gasteiger partial charge is 0.269 e. The molecule has 11 nitrogen and oxygen atoms in total. The number of nitro benzene ring substituents is 1. The van der Waals surface area contributed by atoms with Crippen LogP contribution in [0.3, 0.4) is 0 Å². The normalized spacial score (nSPS) is 26.2. The van der Waals surface area contributed by atoms with E-state index in [1.54, 1.807) is 19.1 Å². The van der Waals surface area contributed by atoms with Crippen LogP contribution in [-0.4, -0.2) is 33.7 Å². The number of imide groups is 2. The third kappa shape index (κ3) is 5.30. The first-order valence-electron chi connectivity index (χ1n) is 17.1. The summed E-state index contributed by atoms with van der Waals surface area (Å²) in [7, 11) is 0. The van der Waals surface area contributed by atoms with Gasteiger partial charge in [0.2, 0.25) is 23.6 Å². The van der Waals surface area contributed by atoms with Gasteiger partial charge in [-0.2, -0.15) is 0 Å². The summed E-state index contributed by atoms with van der Waals surface area (Å²) in [4.78, 5) is 70.0. The highest BCUT2D eigenvalue weighted by Gasteiger charge is 2.68. The number of fused-ring (bicyclic) bond motifs is 4. The Hall–Kier alpha value is -5.88. The van der Waals surface area contributed by atoms with Crippen molar-refractivity contribution in [3.63, 3.8) is 0 Å². The van der Waals surface area contributed by atoms with Gasteiger partial charge in [-0.25, -0.2) is 9.29 Å². The Morgan fingerprint density at radius 2 is 1.62 bits per heavy atom. The molecule has 53 heavy (non-hydrogen) atoms. The van der Waals surface area contributed by atoms with Gasteiger partial charge in [-0.15, -0.1) is 0 Å². The zero-order valence-electron chi connectivity index (χ0n) is 28.1. The molecule has 4 aliphatic rings. The van der Waals surface area contributed by atoms with Crippen molar-refractivity contribution in [3.8, 4) is 11.5 Å². The van der Waals surface area contributed by atoms with Gasteiger partial charge in [0.1, 0.15) is 23.9 Å². The highest BCUT2D eigenvalue weighted by atomic mass is 35.5. The number of carbonyl (C=O) groups is 4. The van der Waals surface area contributed by atoms with E-state index in [0.717, 1.165) is 21.4 Å². The Morgan fingerprint density at radius 3 is 2.30 bits per heavy atom. The van der Waals surface area contributed by atoms with Gasteiger partial charge < -0.3 is 9.84 Å². The maximum Gasteiger partial charge on any atom is 0.269 e. The number of aromatic hydroxyl groups is 1. The monoisotopic (exact) mass is 735 g/mol. The molecule has 13 heteroatoms. The van der Waals surface area contributed by atoms with Crippen molar-refractivity contribution in [2.75, 3.05) is 9.80 Å². The van der Waals surface area contributed by atoms with E-state index >= 15 is 0 Å². The third-order valence-corrected chi connectivity index (χ3v) is 11.6. The summed E-state index contributed by atoms with van der Waals surface area (Å²) in [6.07, 6.45) is 2.04. The molecule has 2 aliphatic heterocycles. The molecule has 0 aromatic heterocycles. The molecule has 6 atom stereocenters. The Kier molecular flexibility index (Phi) is 8.17. The Balaban J connectivity index is 1.21. The molecule has 4 aromatic carbocycles. The quantitative estimate of drug-likeness (QED) is 0.0915. The highest BCUT2D eigenvalue weighted by molar-refractivity contribution is 6.32. The molecule has 268 valence electrons. The first-order valence-corrected chi connectivity index (χ1v) is 17.4. The topological polar surface area (TPSA) is 147 Å². The predicted octanol–water partition coefficient (Wildman–Crippen LogP) is 7.11. The largest absolute Gasteiger partial charge is 0.508 e. The maximum atomic E-state index is 14.7. The van der Waals surface area contributed by atoms with Crippen LogP contribution in [-0.2, 0) is 25.8 Å². The predicted molar refractivity (Wildman–Crippen MR) is 190 cm³/mol. The lowest BCUT2D eigenvalue weighted by Gasteiger charge is -2.49. The second-order valence-electron chi connectivity index (χ2n) is 14.0. The van der Waals surface area contributed by atoms with E-state index in [1.165, 1.54) is 42.5 Å². The summed E-state index contributed by atoms with van der Waals surface area (Å²) >= 11 is 6.09. The number of anilines is 2. The van der Waals surface area contributed by atoms with Crippen LogP contribution in [0, 0.1) is 45.0 Å². The zero-order chi connectivity index (χ0) is 37.3. The Labute approximate surface area is 307 Å². The minimum Gasteiger partial charge on any atom is -0.508 e. The summed E-state index contributed by atoms with van der Waals surface area (Å²) in [5, 5.41) is 22.6. The van der Waals surface area contributed by atoms with E-state index in [-0.39, 0.29) is 47.3 Å². The third-order valence-electron chi connectivity index (χ3n) is 11.3. The number of hydrogen-bond acceptors (Lipinski definition) is 8. The Bertz CT molecular complexity index is 2260. The molecule has 4 aromatic rings. The molecule has 8 rings (SSSR count). The average Bonchev–Trinajstić information content (AvgIpc) is 3.52. The van der Waals surface area contributed by atoms with Crippen molar-refractivity contribution in [1.29, 1.82) is 0 Å². The number of amides is 4. The molecule has 4 amide bonds. The van der Waals surface area contributed by atoms with Gasteiger partial charge in [-0.1, -0.05) is 59.6 Å². The molecule has 2 saturated heterocycles. The van der Waals surface area contributed by atoms with Crippen molar-refractivity contribution >= 4 is 52.3 Å². The highest BCUT2D eigenvalue weighted by Crippen LogP contribution is 2.64. The minimum absolute atomic E-state index is 0.0438. The Morgan fingerprint density at radius 1 is 0.906 bits per heavy atom. The van der Waals surface area contributed by atoms with E-state index in [4.69, 9.17) is 16.3 Å². The van der Waals surface area contributed by atoms with Crippen LogP contribution in [0.5, 0.6) is 11.5 Å². The summed E-state index contributed by atoms with van der Waals surface area (Å²) in [6, 6.07) is 23.0. The fourth-order valence-corrected chi connectivity index (χ4v) is 8.98. The van der Waals surface area contributed by atoms with Crippen LogP contribution in [0.4, 0.5) is 21.5 Å². The van der Waals surface area contributed by atoms with Gasteiger partial charge >= 0.3 is 0 Å². The van der Waals surface area contributed by atoms with E-state index in [0.29, 0.717) is 16.9 Å². The van der Waals surface area contributed by atoms with Gasteiger partial charge in [-0.3, -0.25) is 34.2 Å². The summed E-state index contributed by atoms with van der Waals surface area (Å²) in [5.74, 6) is -6.95. The van der Waals surface area contributed by atoms with Crippen LogP contribution in [0.2, 0.25) is 5.02 Å². The van der Waals surface area contributed by atoms with Gasteiger partial charge in [0.25, 0.3) is 5.69 Å². The number of phenols is 1. The summed E-state index contributed by atoms with van der Waals surface area (Å²) in [5.41, 5.74) is 0.498. The van der Waals surface area contributed by atoms with Crippen molar-refractivity contribution in [1.82, 2.24) is 0 Å². The maximum absolute atomic E-state index is 14.7. The number of benzene rings is 4. The SMILES string of the molecule is CC12C(=O)N(c3ccc(F)c(Cl)c3)C(=O)C1CC1C(=CCC3C(=O)N(c4ccc([N+](=O)[O-])cc4)C(=O)C31)C2c1ccc(OCc2ccccc2)cc1O. The fraction of sp³-hybridized carbons (Fsp3) is 0.250. The lowest BCUT2D eigenvalue weighted by Crippen LogP contribution is -2.48. The second kappa shape index (κ2) is 12.7. The molecular formula is C40H31ClFN3O8. The van der Waals surface area contributed by atoms with Crippen molar-refractivity contribution < 1.29 is 38.3 Å². The standard InChI is InChI=1S/C40H31ClFN3O8/c1-40-30(37(48)44(39(40)50)24-11-16-32(42)31(41)17-24)19-29-26(35(40)27-13-12-25(18-33(27)46)53-20-21-5-3-2-4-6-21)14-15-28-34(29)38(49)43(36(28)47)22-7-9-23(10-8-22)45(51)52/h2-14,16-18,28-30,34-35,46H,15,19-20H2,1H3. The summed E-state index contributed by atoms with van der Waals surface area (Å²) in [6.45, 7) is 1.91. The van der Waals surface area contributed by atoms with E-state index in [2.05, 4.69) is 0 Å². The average molecular weight is 736 g/mol. The summed E-state index contributed by atoms with van der Waals surface area (Å²) < 4.78 is 20.2. The lowest BCUT2D eigenvalue weighted by molar-refractivity contribution is -0.384. The minimum atomic E-state index is -1.47. The number of nitrogens with zero attached hydrogens (tertiary/aromatic N) is 3. The molecule has 0 radical (unpaired) electrons. The number of phenolic OH excluding ortho intramolecular Hbond substituents is 1. The van der Waals surface area contributed by atoms with E-state index in [1.807, 2.05) is 36.4 Å². The van der Waals surface area contributed by atoms with Gasteiger partial charge in [-0.05, 0) is 67.6 Å². The molecule has 0 bridgehead atoms. The van der Waals surface area contributed by atoms with Crippen molar-refractivity contribution in [3.05, 3.63) is 135 Å². The van der Waals surface area contributed by atoms with Crippen LogP contribution >= 0.6 is 11.6 Å². The number of ether oxygens (including phenoxy) is 1.